The van der Waals surface area contributed by atoms with Crippen LogP contribution < -0.4 is 14.8 Å². The van der Waals surface area contributed by atoms with Gasteiger partial charge in [0, 0.05) is 25.0 Å². The lowest BCUT2D eigenvalue weighted by atomic mass is 9.95. The van der Waals surface area contributed by atoms with Gasteiger partial charge in [-0.3, -0.25) is 0 Å². The fourth-order valence-corrected chi connectivity index (χ4v) is 3.37. The molecule has 2 amide bonds. The van der Waals surface area contributed by atoms with Gasteiger partial charge in [0.1, 0.15) is 0 Å². The fraction of sp³-hybridized carbons (Fsp3) is 0.409. The van der Waals surface area contributed by atoms with E-state index in [0.29, 0.717) is 19.6 Å². The molecule has 1 aliphatic rings. The SMILES string of the molecule is CCN(Cc1ccccc1)C(=O)NCC1(c2ccc(OC)c(OC)c2)CC1. The molecule has 0 unspecified atom stereocenters. The lowest BCUT2D eigenvalue weighted by Crippen LogP contribution is -2.42. The summed E-state index contributed by atoms with van der Waals surface area (Å²) in [5, 5.41) is 3.14. The number of nitrogens with one attached hydrogen (secondary N) is 1. The molecule has 2 aromatic carbocycles. The van der Waals surface area contributed by atoms with E-state index in [4.69, 9.17) is 9.47 Å². The monoisotopic (exact) mass is 368 g/mol. The first kappa shape index (κ1) is 19.1. The first-order valence-electron chi connectivity index (χ1n) is 9.41. The van der Waals surface area contributed by atoms with Gasteiger partial charge in [0.05, 0.1) is 14.2 Å². The molecule has 1 aliphatic carbocycles. The van der Waals surface area contributed by atoms with Crippen molar-refractivity contribution in [3.8, 4) is 11.5 Å². The number of hydrogen-bond acceptors (Lipinski definition) is 3. The van der Waals surface area contributed by atoms with E-state index in [1.165, 1.54) is 5.56 Å². The topological polar surface area (TPSA) is 50.8 Å². The smallest absolute Gasteiger partial charge is 0.317 e. The molecule has 5 heteroatoms. The predicted octanol–water partition coefficient (Wildman–Crippen LogP) is 3.97. The van der Waals surface area contributed by atoms with E-state index in [1.54, 1.807) is 14.2 Å². The summed E-state index contributed by atoms with van der Waals surface area (Å²) >= 11 is 0. The van der Waals surface area contributed by atoms with E-state index in [-0.39, 0.29) is 11.4 Å². The Morgan fingerprint density at radius 3 is 2.37 bits per heavy atom. The van der Waals surface area contributed by atoms with Gasteiger partial charge in [0.25, 0.3) is 0 Å². The van der Waals surface area contributed by atoms with Crippen molar-refractivity contribution < 1.29 is 14.3 Å². The van der Waals surface area contributed by atoms with Gasteiger partial charge in [0.15, 0.2) is 11.5 Å². The van der Waals surface area contributed by atoms with Crippen molar-refractivity contribution in [2.75, 3.05) is 27.3 Å². The first-order valence-corrected chi connectivity index (χ1v) is 9.41. The van der Waals surface area contributed by atoms with E-state index in [1.807, 2.05) is 54.3 Å². The van der Waals surface area contributed by atoms with E-state index < -0.39 is 0 Å². The van der Waals surface area contributed by atoms with Gasteiger partial charge >= 0.3 is 6.03 Å². The van der Waals surface area contributed by atoms with Crippen molar-refractivity contribution in [3.05, 3.63) is 59.7 Å². The van der Waals surface area contributed by atoms with Crippen LogP contribution in [-0.4, -0.2) is 38.2 Å². The molecule has 1 N–H and O–H groups in total. The molecule has 3 rings (SSSR count). The highest BCUT2D eigenvalue weighted by molar-refractivity contribution is 5.74. The number of carbonyl (C=O) groups excluding carboxylic acids is 1. The van der Waals surface area contributed by atoms with E-state index in [2.05, 4.69) is 11.4 Å². The fourth-order valence-electron chi connectivity index (χ4n) is 3.37. The molecule has 0 spiro atoms. The number of urea groups is 1. The van der Waals surface area contributed by atoms with E-state index in [0.717, 1.165) is 29.9 Å². The second kappa shape index (κ2) is 8.33. The van der Waals surface area contributed by atoms with Crippen molar-refractivity contribution in [1.82, 2.24) is 10.2 Å². The minimum atomic E-state index is -0.0203. The molecule has 1 saturated carbocycles. The second-order valence-corrected chi connectivity index (χ2v) is 7.01. The number of nitrogens with zero attached hydrogens (tertiary/aromatic N) is 1. The molecule has 144 valence electrons. The van der Waals surface area contributed by atoms with Gasteiger partial charge in [-0.25, -0.2) is 4.79 Å². The number of ether oxygens (including phenoxy) is 2. The highest BCUT2D eigenvalue weighted by Gasteiger charge is 2.45. The molecule has 0 aromatic heterocycles. The minimum absolute atomic E-state index is 0.00136. The average Bonchev–Trinajstić information content (AvgIpc) is 3.51. The largest absolute Gasteiger partial charge is 0.493 e. The summed E-state index contributed by atoms with van der Waals surface area (Å²) in [7, 11) is 3.28. The van der Waals surface area contributed by atoms with Crippen LogP contribution in [0.15, 0.2) is 48.5 Å². The predicted molar refractivity (Wildman–Crippen MR) is 106 cm³/mol. The molecule has 2 aromatic rings. The first-order chi connectivity index (χ1) is 13.1. The summed E-state index contributed by atoms with van der Waals surface area (Å²) in [6, 6.07) is 16.1. The van der Waals surface area contributed by atoms with Crippen LogP contribution in [-0.2, 0) is 12.0 Å². The summed E-state index contributed by atoms with van der Waals surface area (Å²) in [6.45, 7) is 3.92. The third-order valence-corrected chi connectivity index (χ3v) is 5.31. The maximum absolute atomic E-state index is 12.7. The van der Waals surface area contributed by atoms with Crippen molar-refractivity contribution in [1.29, 1.82) is 0 Å². The second-order valence-electron chi connectivity index (χ2n) is 7.01. The number of benzene rings is 2. The highest BCUT2D eigenvalue weighted by atomic mass is 16.5. The molecule has 0 aliphatic heterocycles. The normalized spacial score (nSPS) is 14.3. The van der Waals surface area contributed by atoms with Crippen molar-refractivity contribution in [2.24, 2.45) is 0 Å². The van der Waals surface area contributed by atoms with Crippen molar-refractivity contribution in [2.45, 2.75) is 31.7 Å². The molecule has 1 fully saturated rings. The van der Waals surface area contributed by atoms with Crippen LogP contribution in [0.2, 0.25) is 0 Å². The Morgan fingerprint density at radius 2 is 1.78 bits per heavy atom. The van der Waals surface area contributed by atoms with Crippen molar-refractivity contribution >= 4 is 6.03 Å². The standard InChI is InChI=1S/C22H28N2O3/c1-4-24(15-17-8-6-5-7-9-17)21(25)23-16-22(12-13-22)18-10-11-19(26-2)20(14-18)27-3/h5-11,14H,4,12-13,15-16H2,1-3H3,(H,23,25). The lowest BCUT2D eigenvalue weighted by molar-refractivity contribution is 0.197. The molecule has 0 saturated heterocycles. The maximum Gasteiger partial charge on any atom is 0.317 e. The third kappa shape index (κ3) is 4.35. The number of amides is 2. The van der Waals surface area contributed by atoms with Gasteiger partial charge in [-0.05, 0) is 43.0 Å². The van der Waals surface area contributed by atoms with Crippen LogP contribution in [0.25, 0.3) is 0 Å². The van der Waals surface area contributed by atoms with Gasteiger partial charge < -0.3 is 19.7 Å². The van der Waals surface area contributed by atoms with Crippen LogP contribution >= 0.6 is 0 Å². The Bertz CT molecular complexity index is 772. The maximum atomic E-state index is 12.7. The number of carbonyl (C=O) groups is 1. The van der Waals surface area contributed by atoms with Gasteiger partial charge in [-0.15, -0.1) is 0 Å². The highest BCUT2D eigenvalue weighted by Crippen LogP contribution is 2.49. The molecular formula is C22H28N2O3. The Hall–Kier alpha value is -2.69. The van der Waals surface area contributed by atoms with Crippen molar-refractivity contribution in [3.63, 3.8) is 0 Å². The molecule has 0 radical (unpaired) electrons. The number of methoxy groups -OCH3 is 2. The van der Waals surface area contributed by atoms with Crippen LogP contribution in [0.5, 0.6) is 11.5 Å². The van der Waals surface area contributed by atoms with Crippen LogP contribution in [0.3, 0.4) is 0 Å². The molecule has 5 nitrogen and oxygen atoms in total. The van der Waals surface area contributed by atoms with Gasteiger partial charge in [0.2, 0.25) is 0 Å². The third-order valence-electron chi connectivity index (χ3n) is 5.31. The summed E-state index contributed by atoms with van der Waals surface area (Å²) in [6.07, 6.45) is 2.13. The molecule has 0 heterocycles. The number of hydrogen-bond donors (Lipinski definition) is 1. The summed E-state index contributed by atoms with van der Waals surface area (Å²) in [5.74, 6) is 1.45. The van der Waals surface area contributed by atoms with Gasteiger partial charge in [-0.2, -0.15) is 0 Å². The number of rotatable bonds is 8. The lowest BCUT2D eigenvalue weighted by Gasteiger charge is -2.24. The van der Waals surface area contributed by atoms with E-state index >= 15 is 0 Å². The van der Waals surface area contributed by atoms with Crippen LogP contribution in [0, 0.1) is 0 Å². The van der Waals surface area contributed by atoms with Crippen LogP contribution in [0.4, 0.5) is 4.79 Å². The van der Waals surface area contributed by atoms with Crippen LogP contribution in [0.1, 0.15) is 30.9 Å². The Balaban J connectivity index is 1.64. The summed E-state index contributed by atoms with van der Waals surface area (Å²) in [4.78, 5) is 14.5. The minimum Gasteiger partial charge on any atom is -0.493 e. The Morgan fingerprint density at radius 1 is 1.07 bits per heavy atom. The Labute approximate surface area is 161 Å². The molecular weight excluding hydrogens is 340 g/mol. The molecule has 27 heavy (non-hydrogen) atoms. The quantitative estimate of drug-likeness (QED) is 0.767. The summed E-state index contributed by atoms with van der Waals surface area (Å²) in [5.41, 5.74) is 2.32. The molecule has 0 atom stereocenters. The molecule has 0 bridgehead atoms. The zero-order valence-electron chi connectivity index (χ0n) is 16.3. The average molecular weight is 368 g/mol. The van der Waals surface area contributed by atoms with E-state index in [9.17, 15) is 4.79 Å². The zero-order chi connectivity index (χ0) is 19.3. The summed E-state index contributed by atoms with van der Waals surface area (Å²) < 4.78 is 10.8. The Kier molecular flexibility index (Phi) is 5.89. The van der Waals surface area contributed by atoms with Gasteiger partial charge in [-0.1, -0.05) is 36.4 Å². The zero-order valence-corrected chi connectivity index (χ0v) is 16.3.